The fourth-order valence-corrected chi connectivity index (χ4v) is 5.88. The fraction of sp³-hybridized carbons (Fsp3) is 0.417. The zero-order valence-electron chi connectivity index (χ0n) is 11.7. The predicted octanol–water partition coefficient (Wildman–Crippen LogP) is 2.65. The smallest absolute Gasteiger partial charge is 0.243 e. The second-order valence-electron chi connectivity index (χ2n) is 4.59. The van der Waals surface area contributed by atoms with Crippen LogP contribution in [0.2, 0.25) is 0 Å². The first-order valence-corrected chi connectivity index (χ1v) is 9.19. The van der Waals surface area contributed by atoms with Gasteiger partial charge in [0.05, 0.1) is 16.1 Å². The fourth-order valence-electron chi connectivity index (χ4n) is 2.12. The second kappa shape index (κ2) is 6.17. The van der Waals surface area contributed by atoms with Gasteiger partial charge in [0, 0.05) is 16.5 Å². The first-order chi connectivity index (χ1) is 9.76. The van der Waals surface area contributed by atoms with Crippen LogP contribution in [0.5, 0.6) is 0 Å². The maximum Gasteiger partial charge on any atom is 0.243 e. The summed E-state index contributed by atoms with van der Waals surface area (Å²) in [4.78, 5) is 0.697. The molecule has 0 bridgehead atoms. The molecule has 0 spiro atoms. The summed E-state index contributed by atoms with van der Waals surface area (Å²) in [5.41, 5.74) is 1.38. The summed E-state index contributed by atoms with van der Waals surface area (Å²) < 4.78 is 33.0. The highest BCUT2D eigenvalue weighted by Crippen LogP contribution is 2.33. The number of sulfonamides is 1. The Morgan fingerprint density at radius 3 is 2.67 bits per heavy atom. The third-order valence-electron chi connectivity index (χ3n) is 3.01. The van der Waals surface area contributed by atoms with Crippen LogP contribution >= 0.6 is 27.3 Å². The molecule has 0 aromatic carbocycles. The molecule has 0 saturated carbocycles. The SMILES string of the molecule is Cc1noc(C)c1C(C)NS(=O)(=O)c1cc(CO)sc1Br. The lowest BCUT2D eigenvalue weighted by atomic mass is 10.1. The van der Waals surface area contributed by atoms with Gasteiger partial charge < -0.3 is 9.63 Å². The van der Waals surface area contributed by atoms with Gasteiger partial charge in [-0.1, -0.05) is 5.16 Å². The molecule has 1 unspecified atom stereocenters. The number of nitrogens with one attached hydrogen (secondary N) is 1. The van der Waals surface area contributed by atoms with Crippen LogP contribution in [0.3, 0.4) is 0 Å². The third kappa shape index (κ3) is 3.37. The minimum atomic E-state index is -3.71. The van der Waals surface area contributed by atoms with Gasteiger partial charge in [-0.2, -0.15) is 0 Å². The second-order valence-corrected chi connectivity index (χ2v) is 8.73. The quantitative estimate of drug-likeness (QED) is 0.812. The topological polar surface area (TPSA) is 92.4 Å². The molecule has 21 heavy (non-hydrogen) atoms. The highest BCUT2D eigenvalue weighted by Gasteiger charge is 2.26. The summed E-state index contributed by atoms with van der Waals surface area (Å²) in [6.07, 6.45) is 0. The van der Waals surface area contributed by atoms with Gasteiger partial charge in [0.15, 0.2) is 0 Å². The van der Waals surface area contributed by atoms with Gasteiger partial charge in [0.1, 0.15) is 10.7 Å². The van der Waals surface area contributed by atoms with Crippen molar-refractivity contribution in [2.75, 3.05) is 0 Å². The number of aromatic nitrogens is 1. The van der Waals surface area contributed by atoms with Gasteiger partial charge in [0.2, 0.25) is 10.0 Å². The van der Waals surface area contributed by atoms with E-state index in [0.717, 1.165) is 5.56 Å². The number of aliphatic hydroxyl groups excluding tert-OH is 1. The minimum Gasteiger partial charge on any atom is -0.391 e. The highest BCUT2D eigenvalue weighted by atomic mass is 79.9. The summed E-state index contributed by atoms with van der Waals surface area (Å²) in [6, 6.07) is 0.988. The Balaban J connectivity index is 2.31. The van der Waals surface area contributed by atoms with E-state index >= 15 is 0 Å². The van der Waals surface area contributed by atoms with Gasteiger partial charge in [-0.25, -0.2) is 13.1 Å². The van der Waals surface area contributed by atoms with E-state index in [4.69, 9.17) is 9.63 Å². The number of thiophene rings is 1. The Kier molecular flexibility index (Phi) is 4.89. The summed E-state index contributed by atoms with van der Waals surface area (Å²) in [5.74, 6) is 0.586. The molecule has 6 nitrogen and oxygen atoms in total. The lowest BCUT2D eigenvalue weighted by Gasteiger charge is -2.13. The van der Waals surface area contributed by atoms with Crippen molar-refractivity contribution < 1.29 is 18.0 Å². The zero-order chi connectivity index (χ0) is 15.8. The monoisotopic (exact) mass is 394 g/mol. The van der Waals surface area contributed by atoms with E-state index in [-0.39, 0.29) is 11.5 Å². The molecule has 2 aromatic rings. The van der Waals surface area contributed by atoms with Crippen molar-refractivity contribution in [1.29, 1.82) is 0 Å². The Bertz CT molecular complexity index is 732. The van der Waals surface area contributed by atoms with Crippen molar-refractivity contribution >= 4 is 37.3 Å². The number of aliphatic hydroxyl groups is 1. The molecule has 2 heterocycles. The molecule has 0 aliphatic carbocycles. The summed E-state index contributed by atoms with van der Waals surface area (Å²) >= 11 is 4.41. The third-order valence-corrected chi connectivity index (χ3v) is 6.78. The molecule has 1 atom stereocenters. The lowest BCUT2D eigenvalue weighted by molar-refractivity contribution is 0.285. The van der Waals surface area contributed by atoms with Gasteiger partial charge in [-0.15, -0.1) is 11.3 Å². The molecular weight excluding hydrogens is 380 g/mol. The average molecular weight is 395 g/mol. The van der Waals surface area contributed by atoms with Crippen LogP contribution in [0, 0.1) is 13.8 Å². The van der Waals surface area contributed by atoms with Crippen LogP contribution in [0.25, 0.3) is 0 Å². The number of halogens is 1. The maximum atomic E-state index is 12.4. The molecule has 9 heteroatoms. The van der Waals surface area contributed by atoms with Crippen LogP contribution in [-0.4, -0.2) is 18.7 Å². The van der Waals surface area contributed by atoms with Crippen LogP contribution in [0.1, 0.15) is 34.9 Å². The molecule has 0 amide bonds. The van der Waals surface area contributed by atoms with Crippen molar-refractivity contribution in [2.24, 2.45) is 0 Å². The number of nitrogens with zero attached hydrogens (tertiary/aromatic N) is 1. The van der Waals surface area contributed by atoms with Gasteiger partial charge in [-0.3, -0.25) is 0 Å². The molecule has 0 aliphatic heterocycles. The van der Waals surface area contributed by atoms with Crippen LogP contribution in [0.4, 0.5) is 0 Å². The molecule has 2 N–H and O–H groups in total. The molecule has 2 aromatic heterocycles. The van der Waals surface area contributed by atoms with Gasteiger partial charge in [0.25, 0.3) is 0 Å². The normalized spacial score (nSPS) is 13.6. The van der Waals surface area contributed by atoms with E-state index in [1.54, 1.807) is 20.8 Å². The Labute approximate surface area is 135 Å². The summed E-state index contributed by atoms with van der Waals surface area (Å²) in [7, 11) is -3.71. The van der Waals surface area contributed by atoms with E-state index in [0.29, 0.717) is 20.1 Å². The molecule has 0 fully saturated rings. The van der Waals surface area contributed by atoms with Crippen LogP contribution < -0.4 is 4.72 Å². The van der Waals surface area contributed by atoms with Crippen LogP contribution in [0.15, 0.2) is 19.3 Å². The van der Waals surface area contributed by atoms with E-state index in [1.165, 1.54) is 17.4 Å². The molecule has 2 rings (SSSR count). The summed E-state index contributed by atoms with van der Waals surface area (Å²) in [6.45, 7) is 5.04. The first-order valence-electron chi connectivity index (χ1n) is 6.10. The maximum absolute atomic E-state index is 12.4. The Morgan fingerprint density at radius 1 is 1.52 bits per heavy atom. The predicted molar refractivity (Wildman–Crippen MR) is 82.7 cm³/mol. The van der Waals surface area contributed by atoms with Gasteiger partial charge >= 0.3 is 0 Å². The molecule has 0 saturated heterocycles. The van der Waals surface area contributed by atoms with E-state index in [2.05, 4.69) is 25.8 Å². The van der Waals surface area contributed by atoms with E-state index < -0.39 is 16.1 Å². The first kappa shape index (κ1) is 16.6. The lowest BCUT2D eigenvalue weighted by Crippen LogP contribution is -2.27. The Hall–Kier alpha value is -0.740. The van der Waals surface area contributed by atoms with Crippen LogP contribution in [-0.2, 0) is 16.6 Å². The number of rotatable bonds is 5. The average Bonchev–Trinajstić information content (AvgIpc) is 2.92. The number of hydrogen-bond donors (Lipinski definition) is 2. The standard InChI is InChI=1S/C12H15BrN2O4S2/c1-6-11(8(3)19-14-6)7(2)15-21(17,18)10-4-9(5-16)20-12(10)13/h4,7,15-16H,5H2,1-3H3. The van der Waals surface area contributed by atoms with Crippen molar-refractivity contribution in [3.8, 4) is 0 Å². The molecule has 0 aliphatic rings. The molecule has 0 radical (unpaired) electrons. The largest absolute Gasteiger partial charge is 0.391 e. The van der Waals surface area contributed by atoms with E-state index in [1.807, 2.05) is 0 Å². The van der Waals surface area contributed by atoms with Crippen molar-refractivity contribution in [3.63, 3.8) is 0 Å². The van der Waals surface area contributed by atoms with Crippen molar-refractivity contribution in [2.45, 2.75) is 38.3 Å². The van der Waals surface area contributed by atoms with Crippen molar-refractivity contribution in [3.05, 3.63) is 31.7 Å². The zero-order valence-corrected chi connectivity index (χ0v) is 14.9. The van der Waals surface area contributed by atoms with Crippen molar-refractivity contribution in [1.82, 2.24) is 9.88 Å². The Morgan fingerprint density at radius 2 is 2.19 bits per heavy atom. The number of aryl methyl sites for hydroxylation is 2. The number of hydrogen-bond acceptors (Lipinski definition) is 6. The van der Waals surface area contributed by atoms with Gasteiger partial charge in [-0.05, 0) is 42.8 Å². The highest BCUT2D eigenvalue weighted by molar-refractivity contribution is 9.11. The molecular formula is C12H15BrN2O4S2. The molecule has 116 valence electrons. The van der Waals surface area contributed by atoms with E-state index in [9.17, 15) is 8.42 Å². The summed E-state index contributed by atoms with van der Waals surface area (Å²) in [5, 5.41) is 12.9. The minimum absolute atomic E-state index is 0.121.